The van der Waals surface area contributed by atoms with Crippen molar-refractivity contribution < 1.29 is 4.74 Å². The van der Waals surface area contributed by atoms with E-state index in [1.54, 1.807) is 18.0 Å². The predicted octanol–water partition coefficient (Wildman–Crippen LogP) is 3.63. The SMILES string of the molecule is CCc1ccccc1-n1ncc2c1ncn1nc(Cc3ccc(OC)cc3)nc21. The van der Waals surface area contributed by atoms with Crippen LogP contribution >= 0.6 is 0 Å². The molecule has 0 spiro atoms. The first-order valence-electron chi connectivity index (χ1n) is 9.56. The van der Waals surface area contributed by atoms with Crippen LogP contribution in [0.5, 0.6) is 5.75 Å². The zero-order chi connectivity index (χ0) is 19.8. The molecule has 0 fully saturated rings. The third-order valence-corrected chi connectivity index (χ3v) is 5.07. The number of hydrogen-bond acceptors (Lipinski definition) is 5. The Labute approximate surface area is 167 Å². The van der Waals surface area contributed by atoms with E-state index < -0.39 is 0 Å². The largest absolute Gasteiger partial charge is 0.497 e. The summed E-state index contributed by atoms with van der Waals surface area (Å²) in [5.41, 5.74) is 4.93. The fourth-order valence-corrected chi connectivity index (χ4v) is 3.56. The highest BCUT2D eigenvalue weighted by Crippen LogP contribution is 2.23. The van der Waals surface area contributed by atoms with Crippen LogP contribution in [-0.2, 0) is 12.8 Å². The maximum Gasteiger partial charge on any atom is 0.170 e. The molecule has 3 aromatic heterocycles. The number of nitrogens with zero attached hydrogens (tertiary/aromatic N) is 6. The number of para-hydroxylation sites is 1. The van der Waals surface area contributed by atoms with E-state index in [0.29, 0.717) is 6.42 Å². The van der Waals surface area contributed by atoms with E-state index in [1.165, 1.54) is 5.56 Å². The average molecular weight is 384 g/mol. The van der Waals surface area contributed by atoms with E-state index in [-0.39, 0.29) is 0 Å². The number of aryl methyl sites for hydroxylation is 1. The van der Waals surface area contributed by atoms with E-state index in [2.05, 4.69) is 34.2 Å². The molecule has 0 radical (unpaired) electrons. The molecule has 3 heterocycles. The minimum absolute atomic E-state index is 0.639. The molecule has 0 aliphatic heterocycles. The van der Waals surface area contributed by atoms with E-state index >= 15 is 0 Å². The molecule has 5 aromatic rings. The van der Waals surface area contributed by atoms with Gasteiger partial charge < -0.3 is 4.74 Å². The highest BCUT2D eigenvalue weighted by atomic mass is 16.5. The zero-order valence-corrected chi connectivity index (χ0v) is 16.3. The molecule has 5 rings (SSSR count). The lowest BCUT2D eigenvalue weighted by atomic mass is 10.1. The molecule has 7 nitrogen and oxygen atoms in total. The van der Waals surface area contributed by atoms with Gasteiger partial charge in [0.05, 0.1) is 24.4 Å². The molecular formula is C22H20N6O. The lowest BCUT2D eigenvalue weighted by Gasteiger charge is -2.08. The first-order valence-corrected chi connectivity index (χ1v) is 9.56. The van der Waals surface area contributed by atoms with Gasteiger partial charge in [0.25, 0.3) is 0 Å². The second-order valence-electron chi connectivity index (χ2n) is 6.84. The Hall–Kier alpha value is -3.74. The second kappa shape index (κ2) is 7.01. The standard InChI is InChI=1S/C22H20N6O/c1-3-16-6-4-5-7-19(16)28-21-18(13-24-28)22-25-20(26-27(22)14-23-21)12-15-8-10-17(29-2)11-9-15/h4-11,13-14H,3,12H2,1-2H3. The van der Waals surface area contributed by atoms with Crippen LogP contribution in [0.1, 0.15) is 23.9 Å². The summed E-state index contributed by atoms with van der Waals surface area (Å²) in [7, 11) is 1.66. The number of ether oxygens (including phenoxy) is 1. The highest BCUT2D eigenvalue weighted by Gasteiger charge is 2.15. The summed E-state index contributed by atoms with van der Waals surface area (Å²) in [4.78, 5) is 9.36. The van der Waals surface area contributed by atoms with Gasteiger partial charge in [0.1, 0.15) is 12.1 Å². The molecule has 0 aliphatic rings. The summed E-state index contributed by atoms with van der Waals surface area (Å²) in [5.74, 6) is 1.58. The minimum Gasteiger partial charge on any atom is -0.497 e. The van der Waals surface area contributed by atoms with Crippen LogP contribution in [-0.4, -0.2) is 36.5 Å². The van der Waals surface area contributed by atoms with Crippen molar-refractivity contribution in [3.8, 4) is 11.4 Å². The number of fused-ring (bicyclic) bond motifs is 3. The molecule has 0 bridgehead atoms. The van der Waals surface area contributed by atoms with Gasteiger partial charge in [0.15, 0.2) is 17.1 Å². The summed E-state index contributed by atoms with van der Waals surface area (Å²) < 4.78 is 8.82. The lowest BCUT2D eigenvalue weighted by molar-refractivity contribution is 0.414. The van der Waals surface area contributed by atoms with Gasteiger partial charge >= 0.3 is 0 Å². The number of methoxy groups -OCH3 is 1. The second-order valence-corrected chi connectivity index (χ2v) is 6.84. The molecule has 2 aromatic carbocycles. The molecule has 7 heteroatoms. The van der Waals surface area contributed by atoms with Crippen LogP contribution in [0.15, 0.2) is 61.1 Å². The van der Waals surface area contributed by atoms with Crippen molar-refractivity contribution in [1.82, 2.24) is 29.4 Å². The molecule has 0 amide bonds. The molecule has 0 atom stereocenters. The summed E-state index contributed by atoms with van der Waals surface area (Å²) in [6.07, 6.45) is 5.08. The highest BCUT2D eigenvalue weighted by molar-refractivity contribution is 5.89. The molecule has 29 heavy (non-hydrogen) atoms. The summed E-state index contributed by atoms with van der Waals surface area (Å²) in [6.45, 7) is 2.14. The Morgan fingerprint density at radius 2 is 1.83 bits per heavy atom. The topological polar surface area (TPSA) is 70.1 Å². The van der Waals surface area contributed by atoms with Crippen LogP contribution in [0, 0.1) is 0 Å². The Morgan fingerprint density at radius 3 is 2.62 bits per heavy atom. The number of aromatic nitrogens is 6. The molecule has 0 N–H and O–H groups in total. The monoisotopic (exact) mass is 384 g/mol. The van der Waals surface area contributed by atoms with E-state index in [0.717, 1.165) is 45.9 Å². The number of rotatable bonds is 5. The van der Waals surface area contributed by atoms with Crippen LogP contribution < -0.4 is 4.74 Å². The van der Waals surface area contributed by atoms with Crippen LogP contribution in [0.25, 0.3) is 22.4 Å². The van der Waals surface area contributed by atoms with Gasteiger partial charge in [0, 0.05) is 6.42 Å². The zero-order valence-electron chi connectivity index (χ0n) is 16.3. The van der Waals surface area contributed by atoms with Crippen LogP contribution in [0.2, 0.25) is 0 Å². The summed E-state index contributed by atoms with van der Waals surface area (Å²) >= 11 is 0. The number of benzene rings is 2. The van der Waals surface area contributed by atoms with Crippen molar-refractivity contribution in [2.45, 2.75) is 19.8 Å². The Bertz CT molecular complexity index is 1300. The van der Waals surface area contributed by atoms with Gasteiger partial charge in [-0.25, -0.2) is 19.2 Å². The third kappa shape index (κ3) is 3.00. The van der Waals surface area contributed by atoms with E-state index in [1.807, 2.05) is 47.3 Å². The average Bonchev–Trinajstić information content (AvgIpc) is 3.37. The molecule has 0 unspecified atom stereocenters. The molecule has 0 saturated carbocycles. The van der Waals surface area contributed by atoms with Crippen LogP contribution in [0.3, 0.4) is 0 Å². The van der Waals surface area contributed by atoms with Gasteiger partial charge in [-0.3, -0.25) is 0 Å². The third-order valence-electron chi connectivity index (χ3n) is 5.07. The van der Waals surface area contributed by atoms with Gasteiger partial charge in [-0.15, -0.1) is 5.10 Å². The first kappa shape index (κ1) is 17.4. The molecule has 0 aliphatic carbocycles. The van der Waals surface area contributed by atoms with Crippen molar-refractivity contribution in [2.75, 3.05) is 7.11 Å². The normalized spacial score (nSPS) is 11.4. The quantitative estimate of drug-likeness (QED) is 0.463. The first-order chi connectivity index (χ1) is 14.3. The van der Waals surface area contributed by atoms with E-state index in [4.69, 9.17) is 9.72 Å². The van der Waals surface area contributed by atoms with Gasteiger partial charge in [-0.2, -0.15) is 5.10 Å². The van der Waals surface area contributed by atoms with Gasteiger partial charge in [-0.05, 0) is 35.7 Å². The van der Waals surface area contributed by atoms with Crippen molar-refractivity contribution >= 4 is 16.7 Å². The van der Waals surface area contributed by atoms with Crippen LogP contribution in [0.4, 0.5) is 0 Å². The Balaban J connectivity index is 1.56. The molecule has 0 saturated heterocycles. The number of hydrogen-bond donors (Lipinski definition) is 0. The minimum atomic E-state index is 0.639. The van der Waals surface area contributed by atoms with Gasteiger partial charge in [0.2, 0.25) is 0 Å². The lowest BCUT2D eigenvalue weighted by Crippen LogP contribution is -2.02. The molecular weight excluding hydrogens is 364 g/mol. The van der Waals surface area contributed by atoms with E-state index in [9.17, 15) is 0 Å². The van der Waals surface area contributed by atoms with Crippen molar-refractivity contribution in [3.05, 3.63) is 78.0 Å². The van der Waals surface area contributed by atoms with Crippen molar-refractivity contribution in [2.24, 2.45) is 0 Å². The maximum atomic E-state index is 5.22. The Kier molecular flexibility index (Phi) is 4.20. The predicted molar refractivity (Wildman–Crippen MR) is 111 cm³/mol. The molecule has 144 valence electrons. The van der Waals surface area contributed by atoms with Gasteiger partial charge in [-0.1, -0.05) is 37.3 Å². The fourth-order valence-electron chi connectivity index (χ4n) is 3.56. The van der Waals surface area contributed by atoms with Crippen molar-refractivity contribution in [1.29, 1.82) is 0 Å². The summed E-state index contributed by atoms with van der Waals surface area (Å²) in [5, 5.41) is 10.1. The fraction of sp³-hybridized carbons (Fsp3) is 0.182. The summed E-state index contributed by atoms with van der Waals surface area (Å²) in [6, 6.07) is 16.2. The maximum absolute atomic E-state index is 5.22. The smallest absolute Gasteiger partial charge is 0.170 e. The van der Waals surface area contributed by atoms with Crippen molar-refractivity contribution in [3.63, 3.8) is 0 Å². The Morgan fingerprint density at radius 1 is 1.00 bits per heavy atom.